The fraction of sp³-hybridized carbons (Fsp3) is 0.421. The van der Waals surface area contributed by atoms with Gasteiger partial charge in [-0.15, -0.1) is 11.3 Å². The summed E-state index contributed by atoms with van der Waals surface area (Å²) in [5.41, 5.74) is 1.52. The van der Waals surface area contributed by atoms with Crippen LogP contribution in [-0.2, 0) is 16.0 Å². The number of hydrogen-bond donors (Lipinski definition) is 1. The van der Waals surface area contributed by atoms with Gasteiger partial charge in [-0.05, 0) is 25.0 Å². The van der Waals surface area contributed by atoms with Gasteiger partial charge in [0.25, 0.3) is 0 Å². The van der Waals surface area contributed by atoms with E-state index in [4.69, 9.17) is 14.6 Å². The van der Waals surface area contributed by atoms with E-state index < -0.39 is 5.97 Å². The van der Waals surface area contributed by atoms with Gasteiger partial charge in [0.1, 0.15) is 5.01 Å². The van der Waals surface area contributed by atoms with E-state index in [1.807, 2.05) is 23.6 Å². The van der Waals surface area contributed by atoms with Gasteiger partial charge >= 0.3 is 5.97 Å². The molecule has 3 rings (SSSR count). The van der Waals surface area contributed by atoms with Crippen molar-refractivity contribution in [2.24, 2.45) is 5.92 Å². The lowest BCUT2D eigenvalue weighted by Crippen LogP contribution is -2.41. The van der Waals surface area contributed by atoms with Crippen molar-refractivity contribution in [1.82, 2.24) is 9.88 Å². The summed E-state index contributed by atoms with van der Waals surface area (Å²) in [5, 5.41) is 11.7. The summed E-state index contributed by atoms with van der Waals surface area (Å²) in [6.45, 7) is 0.965. The summed E-state index contributed by atoms with van der Waals surface area (Å²) in [6.07, 6.45) is 1.22. The molecule has 1 aromatic heterocycles. The first-order valence-corrected chi connectivity index (χ1v) is 9.57. The highest BCUT2D eigenvalue weighted by atomic mass is 32.1. The largest absolute Gasteiger partial charge is 0.493 e. The number of thiazole rings is 1. The molecule has 8 heteroatoms. The lowest BCUT2D eigenvalue weighted by molar-refractivity contribution is -0.145. The van der Waals surface area contributed by atoms with Gasteiger partial charge in [-0.1, -0.05) is 6.07 Å². The minimum absolute atomic E-state index is 0.0201. The Labute approximate surface area is 161 Å². The van der Waals surface area contributed by atoms with Gasteiger partial charge in [0.15, 0.2) is 11.5 Å². The van der Waals surface area contributed by atoms with Crippen LogP contribution in [0.2, 0.25) is 0 Å². The van der Waals surface area contributed by atoms with E-state index in [2.05, 4.69) is 4.98 Å². The molecule has 1 aromatic carbocycles. The molecule has 0 unspecified atom stereocenters. The number of ether oxygens (including phenoxy) is 2. The molecule has 27 heavy (non-hydrogen) atoms. The van der Waals surface area contributed by atoms with Crippen LogP contribution in [0.3, 0.4) is 0 Å². The predicted octanol–water partition coefficient (Wildman–Crippen LogP) is 2.69. The number of benzene rings is 1. The Kier molecular flexibility index (Phi) is 5.95. The second-order valence-electron chi connectivity index (χ2n) is 6.36. The molecule has 144 valence electrons. The van der Waals surface area contributed by atoms with Gasteiger partial charge in [-0.2, -0.15) is 0 Å². The molecule has 0 radical (unpaired) electrons. The molecule has 2 heterocycles. The molecule has 0 saturated carbocycles. The number of methoxy groups -OCH3 is 2. The first-order chi connectivity index (χ1) is 13.0. The molecule has 7 nitrogen and oxygen atoms in total. The molecular formula is C19H22N2O5S. The molecule has 0 aliphatic carbocycles. The van der Waals surface area contributed by atoms with E-state index in [1.54, 1.807) is 19.1 Å². The minimum atomic E-state index is -0.779. The van der Waals surface area contributed by atoms with Crippen LogP contribution in [0.25, 0.3) is 10.6 Å². The van der Waals surface area contributed by atoms with Crippen LogP contribution < -0.4 is 9.47 Å². The highest BCUT2D eigenvalue weighted by Crippen LogP contribution is 2.39. The van der Waals surface area contributed by atoms with Crippen molar-refractivity contribution in [3.8, 4) is 22.1 Å². The van der Waals surface area contributed by atoms with Crippen LogP contribution >= 0.6 is 11.3 Å². The Morgan fingerprint density at radius 2 is 2.00 bits per heavy atom. The molecular weight excluding hydrogens is 368 g/mol. The SMILES string of the molecule is COc1cccc(-c2nc(CC(=O)N3CCC(C(=O)O)CC3)cs2)c1OC. The van der Waals surface area contributed by atoms with Crippen molar-refractivity contribution in [3.63, 3.8) is 0 Å². The molecule has 2 aromatic rings. The summed E-state index contributed by atoms with van der Waals surface area (Å²) >= 11 is 1.45. The monoisotopic (exact) mass is 390 g/mol. The van der Waals surface area contributed by atoms with E-state index in [0.717, 1.165) is 10.6 Å². The maximum atomic E-state index is 12.5. The van der Waals surface area contributed by atoms with Gasteiger partial charge in [0, 0.05) is 18.5 Å². The van der Waals surface area contributed by atoms with Crippen LogP contribution in [0, 0.1) is 5.92 Å². The third kappa shape index (κ3) is 4.21. The second-order valence-corrected chi connectivity index (χ2v) is 7.21. The smallest absolute Gasteiger partial charge is 0.306 e. The number of carbonyl (C=O) groups excluding carboxylic acids is 1. The van der Waals surface area contributed by atoms with Crippen molar-refractivity contribution in [1.29, 1.82) is 0 Å². The molecule has 0 spiro atoms. The fourth-order valence-electron chi connectivity index (χ4n) is 3.21. The van der Waals surface area contributed by atoms with Crippen molar-refractivity contribution < 1.29 is 24.2 Å². The topological polar surface area (TPSA) is 89.0 Å². The van der Waals surface area contributed by atoms with Gasteiger partial charge in [-0.3, -0.25) is 9.59 Å². The van der Waals surface area contributed by atoms with Crippen molar-refractivity contribution in [2.45, 2.75) is 19.3 Å². The van der Waals surface area contributed by atoms with Crippen molar-refractivity contribution >= 4 is 23.2 Å². The quantitative estimate of drug-likeness (QED) is 0.816. The number of carboxylic acid groups (broad SMARTS) is 1. The highest BCUT2D eigenvalue weighted by molar-refractivity contribution is 7.13. The Balaban J connectivity index is 1.68. The van der Waals surface area contributed by atoms with Crippen LogP contribution in [0.5, 0.6) is 11.5 Å². The van der Waals surface area contributed by atoms with Gasteiger partial charge in [0.2, 0.25) is 5.91 Å². The summed E-state index contributed by atoms with van der Waals surface area (Å²) in [4.78, 5) is 29.8. The van der Waals surface area contributed by atoms with E-state index in [9.17, 15) is 9.59 Å². The maximum absolute atomic E-state index is 12.5. The number of para-hydroxylation sites is 1. The number of aliphatic carboxylic acids is 1. The number of aromatic nitrogens is 1. The molecule has 0 atom stereocenters. The molecule has 1 N–H and O–H groups in total. The number of carboxylic acids is 1. The zero-order valence-electron chi connectivity index (χ0n) is 15.3. The van der Waals surface area contributed by atoms with Crippen molar-refractivity contribution in [3.05, 3.63) is 29.3 Å². The van der Waals surface area contributed by atoms with E-state index >= 15 is 0 Å². The van der Waals surface area contributed by atoms with Crippen LogP contribution in [-0.4, -0.2) is 54.2 Å². The third-order valence-electron chi connectivity index (χ3n) is 4.71. The van der Waals surface area contributed by atoms with Gasteiger partial charge in [0.05, 0.1) is 37.8 Å². The second kappa shape index (κ2) is 8.39. The highest BCUT2D eigenvalue weighted by Gasteiger charge is 2.27. The number of likely N-dealkylation sites (tertiary alicyclic amines) is 1. The zero-order chi connectivity index (χ0) is 19.4. The summed E-state index contributed by atoms with van der Waals surface area (Å²) in [7, 11) is 3.17. The number of nitrogens with zero attached hydrogens (tertiary/aromatic N) is 2. The van der Waals surface area contributed by atoms with Crippen LogP contribution in [0.4, 0.5) is 0 Å². The number of hydrogen-bond acceptors (Lipinski definition) is 6. The van der Waals surface area contributed by atoms with E-state index in [1.165, 1.54) is 11.3 Å². The molecule has 0 bridgehead atoms. The number of piperidine rings is 1. The summed E-state index contributed by atoms with van der Waals surface area (Å²) < 4.78 is 10.8. The van der Waals surface area contributed by atoms with Crippen LogP contribution in [0.1, 0.15) is 18.5 Å². The average molecular weight is 390 g/mol. The number of carbonyl (C=O) groups is 2. The molecule has 1 aliphatic rings. The van der Waals surface area contributed by atoms with Crippen LogP contribution in [0.15, 0.2) is 23.6 Å². The molecule has 1 aliphatic heterocycles. The minimum Gasteiger partial charge on any atom is -0.493 e. The zero-order valence-corrected chi connectivity index (χ0v) is 16.1. The van der Waals surface area contributed by atoms with Gasteiger partial charge < -0.3 is 19.5 Å². The van der Waals surface area contributed by atoms with E-state index in [-0.39, 0.29) is 18.2 Å². The molecule has 1 amide bonds. The summed E-state index contributed by atoms with van der Waals surface area (Å²) in [5.74, 6) is 0.0966. The lowest BCUT2D eigenvalue weighted by atomic mass is 9.97. The Bertz CT molecular complexity index is 827. The Morgan fingerprint density at radius 3 is 2.63 bits per heavy atom. The lowest BCUT2D eigenvalue weighted by Gasteiger charge is -2.30. The van der Waals surface area contributed by atoms with E-state index in [0.29, 0.717) is 43.1 Å². The summed E-state index contributed by atoms with van der Waals surface area (Å²) in [6, 6.07) is 5.60. The normalized spacial score (nSPS) is 14.8. The number of amides is 1. The Morgan fingerprint density at radius 1 is 1.26 bits per heavy atom. The Hall–Kier alpha value is -2.61. The predicted molar refractivity (Wildman–Crippen MR) is 101 cm³/mol. The van der Waals surface area contributed by atoms with Crippen molar-refractivity contribution in [2.75, 3.05) is 27.3 Å². The number of rotatable bonds is 6. The fourth-order valence-corrected chi connectivity index (χ4v) is 4.05. The molecule has 1 fully saturated rings. The first kappa shape index (κ1) is 19.2. The first-order valence-electron chi connectivity index (χ1n) is 8.69. The maximum Gasteiger partial charge on any atom is 0.306 e. The standard InChI is InChI=1S/C19H22N2O5S/c1-25-15-5-3-4-14(17(15)26-2)18-20-13(11-27-18)10-16(22)21-8-6-12(7-9-21)19(23)24/h3-5,11-12H,6-10H2,1-2H3,(H,23,24). The molecule has 1 saturated heterocycles. The average Bonchev–Trinajstić information content (AvgIpc) is 3.15. The third-order valence-corrected chi connectivity index (χ3v) is 5.64. The van der Waals surface area contributed by atoms with Gasteiger partial charge in [-0.25, -0.2) is 4.98 Å².